The fraction of sp³-hybridized carbons (Fsp3) is 0.0690. The summed E-state index contributed by atoms with van der Waals surface area (Å²) in [6, 6.07) is 29.2. The molecule has 166 valence electrons. The smallest absolute Gasteiger partial charge is 0.199 e. The van der Waals surface area contributed by atoms with E-state index in [0.29, 0.717) is 5.56 Å². The van der Waals surface area contributed by atoms with Crippen molar-refractivity contribution in [1.29, 1.82) is 0 Å². The second-order valence-electron chi connectivity index (χ2n) is 8.16. The van der Waals surface area contributed by atoms with Gasteiger partial charge in [0.2, 0.25) is 0 Å². The van der Waals surface area contributed by atoms with Gasteiger partial charge in [-0.25, -0.2) is 4.68 Å². The molecule has 5 aromatic rings. The number of nitrogens with one attached hydrogen (secondary N) is 1. The highest BCUT2D eigenvalue weighted by molar-refractivity contribution is 6.19. The average molecular weight is 446 g/mol. The number of aryl methyl sites for hydroxylation is 1. The zero-order chi connectivity index (χ0) is 23.7. The number of hydrogen-bond acceptors (Lipinski definition) is 3. The number of carbonyl (C=O) groups excluding carboxylic acids is 2. The molecule has 0 aliphatic carbocycles. The lowest BCUT2D eigenvalue weighted by Crippen LogP contribution is -2.08. The number of rotatable bonds is 6. The number of carbonyl (C=O) groups is 2. The largest absolute Gasteiger partial charge is 0.357 e. The number of nitrogens with zero attached hydrogens (tertiary/aromatic N) is 2. The van der Waals surface area contributed by atoms with Gasteiger partial charge in [-0.1, -0.05) is 78.9 Å². The minimum atomic E-state index is -0.254. The van der Waals surface area contributed by atoms with Gasteiger partial charge in [0.1, 0.15) is 5.69 Å². The summed E-state index contributed by atoms with van der Waals surface area (Å²) in [5.41, 5.74) is 6.10. The van der Waals surface area contributed by atoms with Gasteiger partial charge in [0.15, 0.2) is 11.6 Å². The molecule has 0 saturated carbocycles. The molecule has 5 heteroatoms. The molecule has 1 N–H and O–H groups in total. The molecule has 0 bridgehead atoms. The lowest BCUT2D eigenvalue weighted by molar-refractivity contribution is 0.0987. The highest BCUT2D eigenvalue weighted by Gasteiger charge is 2.28. The first kappa shape index (κ1) is 21.3. The summed E-state index contributed by atoms with van der Waals surface area (Å²) in [5, 5.41) is 4.46. The van der Waals surface area contributed by atoms with Crippen LogP contribution in [0.25, 0.3) is 28.1 Å². The van der Waals surface area contributed by atoms with Crippen LogP contribution in [0.1, 0.15) is 39.0 Å². The standard InChI is InChI=1S/C29H23N3O2/c1-19-25(26(21-12-6-3-7-13-21)28(30-19)22-14-8-4-9-15-22)29(34)24-18-32(31-27(24)20(2)33)23-16-10-5-11-17-23/h3-18,30H,1-2H3. The summed E-state index contributed by atoms with van der Waals surface area (Å²) >= 11 is 0. The minimum Gasteiger partial charge on any atom is -0.357 e. The monoisotopic (exact) mass is 445 g/mol. The SMILES string of the molecule is CC(=O)c1nn(-c2ccccc2)cc1C(=O)c1c(C)[nH]c(-c2ccccc2)c1-c1ccccc1. The van der Waals surface area contributed by atoms with Crippen LogP contribution in [0.15, 0.2) is 97.2 Å². The Bertz CT molecular complexity index is 1480. The van der Waals surface area contributed by atoms with Crippen molar-refractivity contribution in [3.63, 3.8) is 0 Å². The summed E-state index contributed by atoms with van der Waals surface area (Å²) in [5.74, 6) is -0.488. The fourth-order valence-corrected chi connectivity index (χ4v) is 4.27. The maximum Gasteiger partial charge on any atom is 0.199 e. The number of para-hydroxylation sites is 1. The van der Waals surface area contributed by atoms with Crippen LogP contribution in [0.5, 0.6) is 0 Å². The van der Waals surface area contributed by atoms with Crippen molar-refractivity contribution in [2.24, 2.45) is 0 Å². The Balaban J connectivity index is 1.72. The van der Waals surface area contributed by atoms with Gasteiger partial charge in [0.05, 0.1) is 22.5 Å². The maximum absolute atomic E-state index is 14.1. The van der Waals surface area contributed by atoms with Crippen molar-refractivity contribution in [2.75, 3.05) is 0 Å². The van der Waals surface area contributed by atoms with Gasteiger partial charge in [-0.15, -0.1) is 0 Å². The Kier molecular flexibility index (Phi) is 5.52. The summed E-state index contributed by atoms with van der Waals surface area (Å²) < 4.78 is 1.59. The molecular formula is C29H23N3O2. The number of hydrogen-bond donors (Lipinski definition) is 1. The molecule has 0 aliphatic heterocycles. The highest BCUT2D eigenvalue weighted by Crippen LogP contribution is 2.38. The van der Waals surface area contributed by atoms with Gasteiger partial charge in [-0.2, -0.15) is 5.10 Å². The molecule has 5 rings (SSSR count). The van der Waals surface area contributed by atoms with Gasteiger partial charge < -0.3 is 4.98 Å². The van der Waals surface area contributed by atoms with Crippen LogP contribution in [0.2, 0.25) is 0 Å². The second-order valence-corrected chi connectivity index (χ2v) is 8.16. The average Bonchev–Trinajstić information content (AvgIpc) is 3.47. The normalized spacial score (nSPS) is 10.9. The Hall–Kier alpha value is -4.51. The molecule has 0 unspecified atom stereocenters. The summed E-state index contributed by atoms with van der Waals surface area (Å²) in [4.78, 5) is 30.0. The highest BCUT2D eigenvalue weighted by atomic mass is 16.1. The van der Waals surface area contributed by atoms with E-state index in [1.807, 2.05) is 97.9 Å². The predicted octanol–water partition coefficient (Wildman–Crippen LogP) is 6.28. The van der Waals surface area contributed by atoms with E-state index < -0.39 is 0 Å². The van der Waals surface area contributed by atoms with E-state index in [9.17, 15) is 9.59 Å². The van der Waals surface area contributed by atoms with Crippen molar-refractivity contribution < 1.29 is 9.59 Å². The van der Waals surface area contributed by atoms with Gasteiger partial charge >= 0.3 is 0 Å². The van der Waals surface area contributed by atoms with Gasteiger partial charge in [0, 0.05) is 24.4 Å². The third-order valence-electron chi connectivity index (χ3n) is 5.85. The molecule has 0 aliphatic rings. The lowest BCUT2D eigenvalue weighted by atomic mass is 9.92. The Morgan fingerprint density at radius 1 is 0.794 bits per heavy atom. The predicted molar refractivity (Wildman–Crippen MR) is 133 cm³/mol. The Morgan fingerprint density at radius 2 is 1.35 bits per heavy atom. The molecule has 2 aromatic heterocycles. The number of aromatic nitrogens is 3. The van der Waals surface area contributed by atoms with Crippen LogP contribution < -0.4 is 0 Å². The summed E-state index contributed by atoms with van der Waals surface area (Å²) in [6.45, 7) is 3.33. The number of Topliss-reactive ketones (excluding diaryl/α,β-unsaturated/α-hetero) is 1. The van der Waals surface area contributed by atoms with Gasteiger partial charge in [-0.05, 0) is 30.2 Å². The van der Waals surface area contributed by atoms with Crippen LogP contribution in [-0.4, -0.2) is 26.3 Å². The van der Waals surface area contributed by atoms with Crippen LogP contribution >= 0.6 is 0 Å². The van der Waals surface area contributed by atoms with Crippen LogP contribution in [0.3, 0.4) is 0 Å². The first-order valence-corrected chi connectivity index (χ1v) is 11.1. The molecule has 3 aromatic carbocycles. The van der Waals surface area contributed by atoms with Crippen molar-refractivity contribution in [1.82, 2.24) is 14.8 Å². The first-order valence-electron chi connectivity index (χ1n) is 11.1. The fourth-order valence-electron chi connectivity index (χ4n) is 4.27. The van der Waals surface area contributed by atoms with Gasteiger partial charge in [-0.3, -0.25) is 9.59 Å². The molecule has 0 radical (unpaired) electrons. The number of aromatic amines is 1. The Labute approximate surface area is 197 Å². The van der Waals surface area contributed by atoms with E-state index in [2.05, 4.69) is 10.1 Å². The number of benzene rings is 3. The maximum atomic E-state index is 14.1. The quantitative estimate of drug-likeness (QED) is 0.313. The molecular weight excluding hydrogens is 422 g/mol. The zero-order valence-corrected chi connectivity index (χ0v) is 18.9. The lowest BCUT2D eigenvalue weighted by Gasteiger charge is -2.08. The number of H-pyrrole nitrogens is 1. The third kappa shape index (κ3) is 3.77. The van der Waals surface area contributed by atoms with Crippen molar-refractivity contribution in [3.05, 3.63) is 120 Å². The molecule has 0 amide bonds. The minimum absolute atomic E-state index is 0.162. The second kappa shape index (κ2) is 8.79. The van der Waals surface area contributed by atoms with Gasteiger partial charge in [0.25, 0.3) is 0 Å². The van der Waals surface area contributed by atoms with Crippen LogP contribution in [-0.2, 0) is 0 Å². The van der Waals surface area contributed by atoms with E-state index in [0.717, 1.165) is 33.8 Å². The summed E-state index contributed by atoms with van der Waals surface area (Å²) in [6.07, 6.45) is 1.65. The number of ketones is 2. The molecule has 0 saturated heterocycles. The van der Waals surface area contributed by atoms with Crippen LogP contribution in [0, 0.1) is 6.92 Å². The molecule has 0 atom stereocenters. The topological polar surface area (TPSA) is 67.8 Å². The first-order chi connectivity index (χ1) is 16.5. The molecule has 5 nitrogen and oxygen atoms in total. The van der Waals surface area contributed by atoms with E-state index >= 15 is 0 Å². The molecule has 0 spiro atoms. The van der Waals surface area contributed by atoms with Crippen molar-refractivity contribution in [3.8, 4) is 28.1 Å². The molecule has 2 heterocycles. The van der Waals surface area contributed by atoms with E-state index in [-0.39, 0.29) is 22.8 Å². The molecule has 0 fully saturated rings. The van der Waals surface area contributed by atoms with Crippen LogP contribution in [0.4, 0.5) is 0 Å². The zero-order valence-electron chi connectivity index (χ0n) is 18.9. The third-order valence-corrected chi connectivity index (χ3v) is 5.85. The Morgan fingerprint density at radius 3 is 1.94 bits per heavy atom. The molecule has 34 heavy (non-hydrogen) atoms. The van der Waals surface area contributed by atoms with Crippen molar-refractivity contribution >= 4 is 11.6 Å². The van der Waals surface area contributed by atoms with E-state index in [1.54, 1.807) is 10.9 Å². The van der Waals surface area contributed by atoms with Crippen molar-refractivity contribution in [2.45, 2.75) is 13.8 Å². The van der Waals surface area contributed by atoms with E-state index in [1.165, 1.54) is 6.92 Å². The summed E-state index contributed by atoms with van der Waals surface area (Å²) in [7, 11) is 0. The van der Waals surface area contributed by atoms with E-state index in [4.69, 9.17) is 0 Å².